The van der Waals surface area contributed by atoms with Gasteiger partial charge in [0.25, 0.3) is 16.5 Å². The van der Waals surface area contributed by atoms with Crippen molar-refractivity contribution in [3.63, 3.8) is 0 Å². The molecule has 0 bridgehead atoms. The van der Waals surface area contributed by atoms with E-state index in [1.54, 1.807) is 0 Å². The third-order valence-corrected chi connectivity index (χ3v) is 3.22. The third-order valence-electron chi connectivity index (χ3n) is 2.48. The molecule has 0 aliphatic carbocycles. The molecule has 142 valence electrons. The molecule has 7 unspecified atom stereocenters. The first kappa shape index (κ1) is 24.5. The van der Waals surface area contributed by atoms with Crippen molar-refractivity contribution in [1.82, 2.24) is 6.15 Å². The maximum absolute atomic E-state index is 13.1. The summed E-state index contributed by atoms with van der Waals surface area (Å²) < 4.78 is 143. The van der Waals surface area contributed by atoms with Crippen LogP contribution in [0.1, 0.15) is 0 Å². The van der Waals surface area contributed by atoms with Gasteiger partial charge in [0, 0.05) is 0 Å². The Labute approximate surface area is 125 Å². The summed E-state index contributed by atoms with van der Waals surface area (Å²) in [6.07, 6.45) is -30.3. The van der Waals surface area contributed by atoms with Gasteiger partial charge in [-0.2, -0.15) is 8.42 Å². The largest absolute Gasteiger partial charge is 0.344 e. The Kier molecular flexibility index (Phi) is 10.1. The van der Waals surface area contributed by atoms with E-state index in [0.29, 0.717) is 0 Å². The lowest BCUT2D eigenvalue weighted by atomic mass is 10.00. The lowest BCUT2D eigenvalue weighted by Gasteiger charge is -2.24. The van der Waals surface area contributed by atoms with Crippen molar-refractivity contribution >= 4 is 10.1 Å². The molecule has 0 amide bonds. The average Bonchev–Trinajstić information content (AvgIpc) is 2.40. The lowest BCUT2D eigenvalue weighted by Crippen LogP contribution is -2.47. The van der Waals surface area contributed by atoms with Crippen molar-refractivity contribution < 1.29 is 52.5 Å². The Morgan fingerprint density at radius 3 is 1.26 bits per heavy atom. The van der Waals surface area contributed by atoms with Crippen molar-refractivity contribution in [3.8, 4) is 0 Å². The maximum atomic E-state index is 13.1. The average molecular weight is 387 g/mol. The van der Waals surface area contributed by atoms with Crippen LogP contribution in [0.2, 0.25) is 0 Å². The summed E-state index contributed by atoms with van der Waals surface area (Å²) >= 11 is 0. The van der Waals surface area contributed by atoms with Crippen LogP contribution in [0.3, 0.4) is 0 Å². The van der Waals surface area contributed by atoms with Crippen LogP contribution in [0.4, 0.5) is 39.5 Å². The van der Waals surface area contributed by atoms with E-state index in [1.807, 2.05) is 0 Å². The van der Waals surface area contributed by atoms with Crippen LogP contribution in [-0.4, -0.2) is 68.4 Å². The van der Waals surface area contributed by atoms with Crippen LogP contribution < -0.4 is 6.15 Å². The first-order chi connectivity index (χ1) is 9.79. The van der Waals surface area contributed by atoms with Crippen LogP contribution in [-0.2, 0) is 10.1 Å². The van der Waals surface area contributed by atoms with Gasteiger partial charge in [-0.1, -0.05) is 0 Å². The van der Waals surface area contributed by atoms with E-state index < -0.39 is 65.5 Å². The number of rotatable bonds is 9. The number of alkyl halides is 9. The van der Waals surface area contributed by atoms with Crippen molar-refractivity contribution in [1.29, 1.82) is 0 Å². The highest BCUT2D eigenvalue weighted by molar-refractivity contribution is 7.85. The maximum Gasteiger partial charge on any atom is 0.272 e. The van der Waals surface area contributed by atoms with Crippen molar-refractivity contribution in [3.05, 3.63) is 0 Å². The van der Waals surface area contributed by atoms with Crippen LogP contribution in [0.15, 0.2) is 0 Å². The van der Waals surface area contributed by atoms with Crippen LogP contribution >= 0.6 is 0 Å². The van der Waals surface area contributed by atoms with E-state index in [1.165, 1.54) is 0 Å². The molecule has 0 saturated heterocycles. The van der Waals surface area contributed by atoms with E-state index >= 15 is 0 Å². The molecule has 14 heteroatoms. The molecule has 0 radical (unpaired) electrons. The summed E-state index contributed by atoms with van der Waals surface area (Å²) in [5.41, 5.74) is 0. The van der Waals surface area contributed by atoms with E-state index in [0.717, 1.165) is 0 Å². The zero-order valence-electron chi connectivity index (χ0n) is 11.1. The SMILES string of the molecule is N.O=S(=O)(O)CC(F)C(F)C(F)C(F)C(F)C(F)C(F)C(F)F. The Morgan fingerprint density at radius 1 is 0.652 bits per heavy atom. The predicted octanol–water partition coefficient (Wildman–Crippen LogP) is 2.67. The molecule has 0 aliphatic rings. The smallest absolute Gasteiger partial charge is 0.272 e. The standard InChI is InChI=1S/C9H11F9O3S.H3N/c10-2(1-22(19,20)21)3(11)4(12)5(13)6(14)7(15)8(16)9(17)18;/h2-9H,1H2,(H,19,20,21);1H3. The fourth-order valence-electron chi connectivity index (χ4n) is 1.33. The normalized spacial score (nSPS) is 21.7. The second kappa shape index (κ2) is 9.52. The van der Waals surface area contributed by atoms with Gasteiger partial charge in [0.2, 0.25) is 0 Å². The Balaban J connectivity index is 0. The Morgan fingerprint density at radius 2 is 0.957 bits per heavy atom. The minimum atomic E-state index is -5.12. The molecular formula is C9H14F9NO3S. The molecule has 7 atom stereocenters. The van der Waals surface area contributed by atoms with Gasteiger partial charge in [-0.05, 0) is 0 Å². The highest BCUT2D eigenvalue weighted by Gasteiger charge is 2.47. The molecule has 23 heavy (non-hydrogen) atoms. The summed E-state index contributed by atoms with van der Waals surface area (Å²) in [6.45, 7) is 0. The van der Waals surface area contributed by atoms with Gasteiger partial charge in [0.05, 0.1) is 0 Å². The van der Waals surface area contributed by atoms with Crippen LogP contribution in [0.5, 0.6) is 0 Å². The lowest BCUT2D eigenvalue weighted by molar-refractivity contribution is -0.0641. The minimum absolute atomic E-state index is 0. The topological polar surface area (TPSA) is 89.4 Å². The molecule has 0 rings (SSSR count). The summed E-state index contributed by atoms with van der Waals surface area (Å²) in [6, 6.07) is 0. The molecular weight excluding hydrogens is 373 g/mol. The molecule has 0 aliphatic heterocycles. The van der Waals surface area contributed by atoms with Gasteiger partial charge < -0.3 is 6.15 Å². The van der Waals surface area contributed by atoms with Gasteiger partial charge in [0.15, 0.2) is 43.2 Å². The van der Waals surface area contributed by atoms with Crippen LogP contribution in [0, 0.1) is 0 Å². The molecule has 0 saturated carbocycles. The second-order valence-corrected chi connectivity index (χ2v) is 5.76. The first-order valence-electron chi connectivity index (χ1n) is 5.51. The highest BCUT2D eigenvalue weighted by Crippen LogP contribution is 2.27. The Bertz CT molecular complexity index is 440. The third kappa shape index (κ3) is 7.56. The van der Waals surface area contributed by atoms with Gasteiger partial charge in [-0.15, -0.1) is 0 Å². The molecule has 4 N–H and O–H groups in total. The fourth-order valence-corrected chi connectivity index (χ4v) is 1.92. The number of hydrogen-bond acceptors (Lipinski definition) is 3. The minimum Gasteiger partial charge on any atom is -0.344 e. The molecule has 0 heterocycles. The summed E-state index contributed by atoms with van der Waals surface area (Å²) in [5, 5.41) is 0. The van der Waals surface area contributed by atoms with Crippen molar-refractivity contribution in [2.45, 2.75) is 49.6 Å². The Hall–Kier alpha value is -0.760. The summed E-state index contributed by atoms with van der Waals surface area (Å²) in [7, 11) is -5.12. The first-order valence-corrected chi connectivity index (χ1v) is 7.12. The molecule has 0 aromatic carbocycles. The van der Waals surface area contributed by atoms with Crippen LogP contribution in [0.25, 0.3) is 0 Å². The van der Waals surface area contributed by atoms with Crippen molar-refractivity contribution in [2.24, 2.45) is 0 Å². The zero-order chi connectivity index (χ0) is 17.8. The number of hydrogen-bond donors (Lipinski definition) is 2. The monoisotopic (exact) mass is 387 g/mol. The quantitative estimate of drug-likeness (QED) is 0.470. The molecule has 4 nitrogen and oxygen atoms in total. The molecule has 0 spiro atoms. The van der Waals surface area contributed by atoms with Crippen molar-refractivity contribution in [2.75, 3.05) is 5.75 Å². The van der Waals surface area contributed by atoms with E-state index in [2.05, 4.69) is 0 Å². The van der Waals surface area contributed by atoms with Gasteiger partial charge >= 0.3 is 0 Å². The highest BCUT2D eigenvalue weighted by atomic mass is 32.2. The summed E-state index contributed by atoms with van der Waals surface area (Å²) in [4.78, 5) is 0. The summed E-state index contributed by atoms with van der Waals surface area (Å²) in [5.74, 6) is -2.00. The fraction of sp³-hybridized carbons (Fsp3) is 1.00. The van der Waals surface area contributed by atoms with E-state index in [4.69, 9.17) is 4.55 Å². The van der Waals surface area contributed by atoms with Gasteiger partial charge in [-0.25, -0.2) is 39.5 Å². The molecule has 0 aromatic heterocycles. The second-order valence-electron chi connectivity index (χ2n) is 4.27. The van der Waals surface area contributed by atoms with Gasteiger partial charge in [-0.3, -0.25) is 4.55 Å². The van der Waals surface area contributed by atoms with E-state index in [-0.39, 0.29) is 6.15 Å². The zero-order valence-corrected chi connectivity index (χ0v) is 11.9. The number of halogens is 9. The van der Waals surface area contributed by atoms with Gasteiger partial charge in [0.1, 0.15) is 5.75 Å². The van der Waals surface area contributed by atoms with E-state index in [9.17, 15) is 47.9 Å². The molecule has 0 aromatic rings. The molecule has 0 fully saturated rings. The predicted molar refractivity (Wildman–Crippen MR) is 61.7 cm³/mol.